The zero-order valence-electron chi connectivity index (χ0n) is 49.4. The summed E-state index contributed by atoms with van der Waals surface area (Å²) in [7, 11) is 0. The molecule has 1 aromatic carbocycles. The second-order valence-electron chi connectivity index (χ2n) is 21.8. The number of alkyl halides is 2. The van der Waals surface area contributed by atoms with Crippen LogP contribution in [0, 0.1) is 17.8 Å². The average molecular weight is 1370 g/mol. The van der Waals surface area contributed by atoms with E-state index in [4.69, 9.17) is 72.5 Å². The molecule has 92 heavy (non-hydrogen) atoms. The van der Waals surface area contributed by atoms with Gasteiger partial charge in [-0.05, 0) is 66.5 Å². The van der Waals surface area contributed by atoms with Crippen LogP contribution in [0.1, 0.15) is 83.7 Å². The molecule has 7 heterocycles. The molecule has 0 saturated carbocycles. The van der Waals surface area contributed by atoms with Gasteiger partial charge in [0.15, 0.2) is 59.0 Å². The third-order valence-corrected chi connectivity index (χ3v) is 17.7. The van der Waals surface area contributed by atoms with Crippen molar-refractivity contribution in [2.45, 2.75) is 128 Å². The second kappa shape index (κ2) is 31.4. The van der Waals surface area contributed by atoms with Crippen LogP contribution in [-0.4, -0.2) is 177 Å². The maximum Gasteiger partial charge on any atom is 0.407 e. The fourth-order valence-corrected chi connectivity index (χ4v) is 12.8. The topological polar surface area (TPSA) is 473 Å². The van der Waals surface area contributed by atoms with E-state index >= 15 is 8.78 Å². The maximum absolute atomic E-state index is 16.7. The fraction of sp³-hybridized carbons (Fsp3) is 0.538. The predicted octanol–water partition coefficient (Wildman–Crippen LogP) is 2.34. The van der Waals surface area contributed by atoms with E-state index < -0.39 is 141 Å². The third kappa shape index (κ3) is 18.6. The van der Waals surface area contributed by atoms with Crippen molar-refractivity contribution in [3.05, 3.63) is 55.1 Å². The number of Topliss-reactive ketones (excluding diaryl/α,β-unsaturated/α-hetero) is 1. The van der Waals surface area contributed by atoms with E-state index in [1.165, 1.54) is 17.8 Å². The Morgan fingerprint density at radius 3 is 1.91 bits per heavy atom. The number of aliphatic carboxylic acids is 1. The van der Waals surface area contributed by atoms with Gasteiger partial charge in [-0.25, -0.2) is 48.3 Å². The summed E-state index contributed by atoms with van der Waals surface area (Å²) in [5.41, 5.74) is 12.2. The zero-order chi connectivity index (χ0) is 66.6. The van der Waals surface area contributed by atoms with Crippen molar-refractivity contribution in [3.8, 4) is 0 Å². The fourth-order valence-electron chi connectivity index (χ4n) is 9.96. The first-order valence-electron chi connectivity index (χ1n) is 28.6. The van der Waals surface area contributed by atoms with Crippen LogP contribution < -0.4 is 43.4 Å². The smallest absolute Gasteiger partial charge is 0.407 e. The van der Waals surface area contributed by atoms with E-state index in [0.717, 1.165) is 23.5 Å². The van der Waals surface area contributed by atoms with Gasteiger partial charge in [0.1, 0.15) is 49.2 Å². The summed E-state index contributed by atoms with van der Waals surface area (Å²) in [5, 5.41) is 24.5. The summed E-state index contributed by atoms with van der Waals surface area (Å²) >= 11 is 10.5. The van der Waals surface area contributed by atoms with Gasteiger partial charge in [-0.2, -0.15) is 0 Å². The number of nitrogens with two attached hydrogens (primary N) is 2. The molecule has 3 unspecified atom stereocenters. The van der Waals surface area contributed by atoms with Gasteiger partial charge in [0.2, 0.25) is 23.6 Å². The van der Waals surface area contributed by atoms with E-state index in [0.29, 0.717) is 11.3 Å². The van der Waals surface area contributed by atoms with E-state index in [-0.39, 0.29) is 111 Å². The van der Waals surface area contributed by atoms with Gasteiger partial charge in [0.25, 0.3) is 0 Å². The number of halogens is 2. The molecule has 3 aliphatic heterocycles. The number of rotatable bonds is 26. The molecule has 40 heteroatoms. The molecule has 3 saturated heterocycles. The second-order valence-corrected chi connectivity index (χ2v) is 27.4. The molecule has 13 N–H and O–H groups in total. The normalized spacial score (nSPS) is 25.0. The number of primary amides is 1. The lowest BCUT2D eigenvalue weighted by atomic mass is 9.89. The average Bonchev–Trinajstić information content (AvgIpc) is 1.62. The molecule has 0 aliphatic carbocycles. The molecule has 5 aromatic rings. The Kier molecular flexibility index (Phi) is 24.0. The van der Waals surface area contributed by atoms with E-state index in [2.05, 4.69) is 61.8 Å². The van der Waals surface area contributed by atoms with E-state index in [1.54, 1.807) is 38.1 Å². The highest BCUT2D eigenvalue weighted by Crippen LogP contribution is 2.55. The first-order valence-corrected chi connectivity index (χ1v) is 33.8. The van der Waals surface area contributed by atoms with Gasteiger partial charge in [-0.1, -0.05) is 32.9 Å². The van der Waals surface area contributed by atoms with Crippen molar-refractivity contribution in [2.24, 2.45) is 23.5 Å². The Labute approximate surface area is 532 Å². The number of urea groups is 1. The zero-order valence-corrected chi connectivity index (χ0v) is 52.8. The Morgan fingerprint density at radius 2 is 1.32 bits per heavy atom. The lowest BCUT2D eigenvalue weighted by Crippen LogP contribution is -2.46. The van der Waals surface area contributed by atoms with Crippen LogP contribution in [0.25, 0.3) is 22.3 Å². The Bertz CT molecular complexity index is 3620. The van der Waals surface area contributed by atoms with Crippen molar-refractivity contribution in [1.82, 2.24) is 60.3 Å². The van der Waals surface area contributed by atoms with Gasteiger partial charge in [0, 0.05) is 56.4 Å². The summed E-state index contributed by atoms with van der Waals surface area (Å²) < 4.78 is 75.1. The molecule has 3 fully saturated rings. The van der Waals surface area contributed by atoms with Gasteiger partial charge < -0.3 is 81.5 Å². The Hall–Kier alpha value is -7.48. The minimum atomic E-state index is -4.42. The Morgan fingerprint density at radius 1 is 0.728 bits per heavy atom. The summed E-state index contributed by atoms with van der Waals surface area (Å²) in [6.07, 6.45) is -10.3. The number of anilines is 3. The molecule has 34 nitrogen and oxygen atoms in total. The number of imidazole rings is 2. The van der Waals surface area contributed by atoms with Gasteiger partial charge in [-0.15, -0.1) is 0 Å². The van der Waals surface area contributed by atoms with Gasteiger partial charge >= 0.3 is 31.5 Å². The molecular formula is C52H68F2N16O18P2S2. The number of ether oxygens (including phenoxy) is 3. The highest BCUT2D eigenvalue weighted by atomic mass is 32.5. The molecule has 13 atom stereocenters. The highest BCUT2D eigenvalue weighted by Gasteiger charge is 2.54. The molecule has 0 bridgehead atoms. The van der Waals surface area contributed by atoms with Crippen LogP contribution in [0.15, 0.2) is 49.6 Å². The molecule has 4 aromatic heterocycles. The van der Waals surface area contributed by atoms with Crippen LogP contribution in [0.4, 0.5) is 35.7 Å². The summed E-state index contributed by atoms with van der Waals surface area (Å²) in [4.78, 5) is 148. The largest absolute Gasteiger partial charge is 0.481 e. The van der Waals surface area contributed by atoms with Crippen LogP contribution in [-0.2, 0) is 91.3 Å². The molecule has 0 radical (unpaired) electrons. The van der Waals surface area contributed by atoms with E-state index in [1.807, 2.05) is 0 Å². The number of nitrogens with zero attached hydrogens (tertiary/aromatic N) is 8. The number of ketones is 1. The molecule has 500 valence electrons. The summed E-state index contributed by atoms with van der Waals surface area (Å²) in [5.74, 6) is -5.91. The summed E-state index contributed by atoms with van der Waals surface area (Å²) in [6, 6.07) is 4.53. The van der Waals surface area contributed by atoms with Gasteiger partial charge in [-0.3, -0.25) is 46.9 Å². The molecule has 7 amide bonds. The monoisotopic (exact) mass is 1370 g/mol. The first-order chi connectivity index (χ1) is 43.7. The number of benzene rings is 1. The number of hydrogen-bond acceptors (Lipinski definition) is 24. The van der Waals surface area contributed by atoms with Crippen LogP contribution in [0.3, 0.4) is 0 Å². The first kappa shape index (κ1) is 70.4. The number of carbonyl (C=O) groups is 8. The lowest BCUT2D eigenvalue weighted by molar-refractivity contribution is -0.140. The Balaban J connectivity index is 0.786. The third-order valence-electron chi connectivity index (χ3n) is 14.6. The van der Waals surface area contributed by atoms with E-state index in [9.17, 15) is 48.1 Å². The van der Waals surface area contributed by atoms with Crippen LogP contribution >= 0.6 is 13.4 Å². The quantitative estimate of drug-likeness (QED) is 0.0279. The SMILES string of the molecule is CC(CC(=O)O)C(=O)NCCC(=O)N[C@H](C(=O)C[C@@H](CCCNC(N)=O)C(=O)Nc1ccc(COC(=O)NCCCC(=O)Nc2ncnc3c2ncn3[C@@H]2O[C@@H]3COP(O)(=S)O[C@H]4[C@@H](F)[C@H](n5cnc6c(N)ncnc65)O[C@@H]4COP(O)(=S)O[C@H]3[C@H]2F)cc1)C(C)C. The molecule has 3 aliphatic rings. The highest BCUT2D eigenvalue weighted by molar-refractivity contribution is 8.07. The minimum absolute atomic E-state index is 0.00504. The van der Waals surface area contributed by atoms with Gasteiger partial charge in [0.05, 0.1) is 38.3 Å². The van der Waals surface area contributed by atoms with Crippen LogP contribution in [0.5, 0.6) is 0 Å². The summed E-state index contributed by atoms with van der Waals surface area (Å²) in [6.45, 7) is -5.52. The van der Waals surface area contributed by atoms with Crippen molar-refractivity contribution in [2.75, 3.05) is 49.2 Å². The number of alkyl carbamates (subject to hydrolysis) is 1. The predicted molar refractivity (Wildman–Crippen MR) is 324 cm³/mol. The molecule has 0 spiro atoms. The van der Waals surface area contributed by atoms with Crippen molar-refractivity contribution in [1.29, 1.82) is 0 Å². The number of nitrogen functional groups attached to an aromatic ring is 1. The number of fused-ring (bicyclic) bond motifs is 4. The van der Waals surface area contributed by atoms with Crippen molar-refractivity contribution in [3.63, 3.8) is 0 Å². The van der Waals surface area contributed by atoms with Crippen LogP contribution in [0.2, 0.25) is 0 Å². The minimum Gasteiger partial charge on any atom is -0.481 e. The lowest BCUT2D eigenvalue weighted by Gasteiger charge is -2.29. The number of aromatic nitrogens is 8. The number of amides is 7. The number of carboxylic acids is 1. The van der Waals surface area contributed by atoms with Crippen molar-refractivity contribution >= 4 is 124 Å². The number of hydrogen-bond donors (Lipinski definition) is 11. The van der Waals surface area contributed by atoms with Crippen molar-refractivity contribution < 1.29 is 94.3 Å². The molecular weight excluding hydrogens is 1300 g/mol. The number of carbonyl (C=O) groups excluding carboxylic acids is 7. The standard InChI is InChI=1S/C52H68F2N16O18P2S2/c1-25(2)38(67-34(73)12-15-57-47(76)26(3)16-35(74)75)30(71)17-28(6-4-13-58-51(56)78)48(77)66-29-10-8-27(9-11-29)18-82-52(79)59-14-5-7-33(72)68-44-40-46(63-22-61-44)70(24-65-40)50-37(54)42-32(86-50)20-84-89(80,91)87-41-31(19-83-90(81,92)88-42)85-49(36(41)53)69-23-64-39-43(55)60-21-62-45(39)69/h8-11,21-26,28,31-32,36-38,41-42,49-50H,4-7,12-20H2,1-3H3,(H,57,76)(H,59,79)(H,66,77)(H,67,73)(H,74,75)(H,80,91)(H,81,92)(H2,55,60,62)(H3,56,58,78)(H,61,63,68,72)/t26?,28-,31-,32-,36-,37-,38+,41-,42-,49-,50-,89?,90?/m1/s1. The maximum atomic E-state index is 16.7. The number of carboxylic acid groups (broad SMARTS) is 1. The molecule has 8 rings (SSSR count). The number of nitrogens with one attached hydrogen (secondary N) is 6.